The standard InChI is InChI=1S/C12H11ClN2O/c1-7-3-4-9(5-10(7)13)11-8(2)6-14-12(16)15-11/h3-6H,1-2H3,(H,14,15,16). The van der Waals surface area contributed by atoms with Crippen LogP contribution in [0.2, 0.25) is 5.02 Å². The Morgan fingerprint density at radius 3 is 2.69 bits per heavy atom. The van der Waals surface area contributed by atoms with Gasteiger partial charge in [0.05, 0.1) is 5.69 Å². The molecule has 0 aliphatic rings. The van der Waals surface area contributed by atoms with Crippen molar-refractivity contribution < 1.29 is 0 Å². The highest BCUT2D eigenvalue weighted by Crippen LogP contribution is 2.24. The molecule has 2 aromatic rings. The molecular weight excluding hydrogens is 224 g/mol. The van der Waals surface area contributed by atoms with Crippen LogP contribution in [-0.2, 0) is 0 Å². The lowest BCUT2D eigenvalue weighted by Gasteiger charge is -2.06. The molecule has 2 rings (SSSR count). The molecule has 82 valence electrons. The lowest BCUT2D eigenvalue weighted by molar-refractivity contribution is 1.06. The topological polar surface area (TPSA) is 45.8 Å². The van der Waals surface area contributed by atoms with E-state index in [4.69, 9.17) is 11.6 Å². The van der Waals surface area contributed by atoms with Crippen molar-refractivity contribution in [3.05, 3.63) is 51.0 Å². The average Bonchev–Trinajstić information content (AvgIpc) is 2.26. The number of hydrogen-bond donors (Lipinski definition) is 1. The number of aromatic nitrogens is 2. The molecule has 0 radical (unpaired) electrons. The molecule has 0 amide bonds. The first-order valence-electron chi connectivity index (χ1n) is 4.90. The van der Waals surface area contributed by atoms with Crippen LogP contribution in [0.25, 0.3) is 11.3 Å². The summed E-state index contributed by atoms with van der Waals surface area (Å²) >= 11 is 6.05. The van der Waals surface area contributed by atoms with Gasteiger partial charge in [-0.25, -0.2) is 9.78 Å². The third-order valence-corrected chi connectivity index (χ3v) is 2.87. The highest BCUT2D eigenvalue weighted by atomic mass is 35.5. The van der Waals surface area contributed by atoms with Crippen LogP contribution in [0.3, 0.4) is 0 Å². The van der Waals surface area contributed by atoms with E-state index in [1.807, 2.05) is 32.0 Å². The predicted molar refractivity (Wildman–Crippen MR) is 64.8 cm³/mol. The maximum Gasteiger partial charge on any atom is 0.345 e. The zero-order valence-electron chi connectivity index (χ0n) is 9.04. The Morgan fingerprint density at radius 2 is 2.00 bits per heavy atom. The molecule has 1 aromatic carbocycles. The minimum absolute atomic E-state index is 0.350. The smallest absolute Gasteiger partial charge is 0.305 e. The van der Waals surface area contributed by atoms with Crippen molar-refractivity contribution in [1.29, 1.82) is 0 Å². The minimum Gasteiger partial charge on any atom is -0.305 e. The number of aromatic amines is 1. The van der Waals surface area contributed by atoms with E-state index in [1.54, 1.807) is 6.20 Å². The molecule has 0 aliphatic heterocycles. The SMILES string of the molecule is Cc1ccc(-c2[nH]c(=O)ncc2C)cc1Cl. The van der Waals surface area contributed by atoms with Gasteiger partial charge in [0, 0.05) is 11.2 Å². The normalized spacial score (nSPS) is 10.4. The van der Waals surface area contributed by atoms with Gasteiger partial charge in [-0.2, -0.15) is 0 Å². The van der Waals surface area contributed by atoms with Crippen LogP contribution in [0.15, 0.2) is 29.2 Å². The summed E-state index contributed by atoms with van der Waals surface area (Å²) in [7, 11) is 0. The van der Waals surface area contributed by atoms with Crippen molar-refractivity contribution in [1.82, 2.24) is 9.97 Å². The van der Waals surface area contributed by atoms with E-state index in [-0.39, 0.29) is 5.69 Å². The van der Waals surface area contributed by atoms with Crippen LogP contribution < -0.4 is 5.69 Å². The van der Waals surface area contributed by atoms with Gasteiger partial charge in [-0.3, -0.25) is 0 Å². The zero-order valence-corrected chi connectivity index (χ0v) is 9.80. The summed E-state index contributed by atoms with van der Waals surface area (Å²) in [6, 6.07) is 5.70. The van der Waals surface area contributed by atoms with Gasteiger partial charge < -0.3 is 4.98 Å². The van der Waals surface area contributed by atoms with Gasteiger partial charge in [-0.1, -0.05) is 23.7 Å². The third-order valence-electron chi connectivity index (χ3n) is 2.46. The fraction of sp³-hybridized carbons (Fsp3) is 0.167. The quantitative estimate of drug-likeness (QED) is 0.825. The number of nitrogens with zero attached hydrogens (tertiary/aromatic N) is 1. The van der Waals surface area contributed by atoms with E-state index in [9.17, 15) is 4.79 Å². The largest absolute Gasteiger partial charge is 0.345 e. The van der Waals surface area contributed by atoms with Crippen LogP contribution in [0.5, 0.6) is 0 Å². The molecule has 0 saturated heterocycles. The summed E-state index contributed by atoms with van der Waals surface area (Å²) in [5.41, 5.74) is 3.24. The Morgan fingerprint density at radius 1 is 1.25 bits per heavy atom. The lowest BCUT2D eigenvalue weighted by Crippen LogP contribution is -2.11. The van der Waals surface area contributed by atoms with E-state index in [0.717, 1.165) is 22.4 Å². The summed E-state index contributed by atoms with van der Waals surface area (Å²) in [6.07, 6.45) is 1.56. The first kappa shape index (κ1) is 10.9. The van der Waals surface area contributed by atoms with Crippen molar-refractivity contribution in [2.75, 3.05) is 0 Å². The van der Waals surface area contributed by atoms with Crippen LogP contribution in [0, 0.1) is 13.8 Å². The van der Waals surface area contributed by atoms with Crippen molar-refractivity contribution in [2.45, 2.75) is 13.8 Å². The Kier molecular flexibility index (Phi) is 2.79. The first-order valence-corrected chi connectivity index (χ1v) is 5.28. The fourth-order valence-corrected chi connectivity index (χ4v) is 1.69. The molecule has 16 heavy (non-hydrogen) atoms. The second kappa shape index (κ2) is 4.10. The number of H-pyrrole nitrogens is 1. The number of halogens is 1. The molecule has 0 fully saturated rings. The molecule has 0 bridgehead atoms. The van der Waals surface area contributed by atoms with Gasteiger partial charge in [-0.05, 0) is 36.6 Å². The molecule has 3 nitrogen and oxygen atoms in total. The van der Waals surface area contributed by atoms with Gasteiger partial charge in [0.1, 0.15) is 0 Å². The second-order valence-electron chi connectivity index (χ2n) is 3.71. The van der Waals surface area contributed by atoms with Crippen LogP contribution in [-0.4, -0.2) is 9.97 Å². The van der Waals surface area contributed by atoms with Gasteiger partial charge >= 0.3 is 5.69 Å². The van der Waals surface area contributed by atoms with Gasteiger partial charge in [0.15, 0.2) is 0 Å². The Bertz CT molecular complexity index is 590. The van der Waals surface area contributed by atoms with E-state index in [2.05, 4.69) is 9.97 Å². The Balaban J connectivity index is 2.62. The van der Waals surface area contributed by atoms with Crippen molar-refractivity contribution in [3.8, 4) is 11.3 Å². The first-order chi connectivity index (χ1) is 7.58. The van der Waals surface area contributed by atoms with Gasteiger partial charge in [0.25, 0.3) is 0 Å². The number of benzene rings is 1. The summed E-state index contributed by atoms with van der Waals surface area (Å²) in [5, 5.41) is 0.689. The molecule has 1 N–H and O–H groups in total. The third kappa shape index (κ3) is 1.99. The van der Waals surface area contributed by atoms with Crippen LogP contribution >= 0.6 is 11.6 Å². The molecule has 4 heteroatoms. The van der Waals surface area contributed by atoms with Crippen LogP contribution in [0.4, 0.5) is 0 Å². The fourth-order valence-electron chi connectivity index (χ4n) is 1.51. The van der Waals surface area contributed by atoms with Crippen molar-refractivity contribution >= 4 is 11.6 Å². The van der Waals surface area contributed by atoms with Crippen LogP contribution in [0.1, 0.15) is 11.1 Å². The maximum absolute atomic E-state index is 11.2. The molecule has 1 heterocycles. The molecule has 0 aliphatic carbocycles. The van der Waals surface area contributed by atoms with E-state index in [1.165, 1.54) is 0 Å². The van der Waals surface area contributed by atoms with E-state index < -0.39 is 0 Å². The molecule has 0 saturated carbocycles. The highest BCUT2D eigenvalue weighted by Gasteiger charge is 2.05. The van der Waals surface area contributed by atoms with Crippen molar-refractivity contribution in [2.24, 2.45) is 0 Å². The molecule has 0 spiro atoms. The summed E-state index contributed by atoms with van der Waals surface area (Å²) < 4.78 is 0. The maximum atomic E-state index is 11.2. The zero-order chi connectivity index (χ0) is 11.7. The number of aryl methyl sites for hydroxylation is 2. The van der Waals surface area contributed by atoms with Gasteiger partial charge in [-0.15, -0.1) is 0 Å². The minimum atomic E-state index is -0.350. The summed E-state index contributed by atoms with van der Waals surface area (Å²) in [6.45, 7) is 3.83. The van der Waals surface area contributed by atoms with Crippen molar-refractivity contribution in [3.63, 3.8) is 0 Å². The average molecular weight is 235 g/mol. The number of hydrogen-bond acceptors (Lipinski definition) is 2. The van der Waals surface area contributed by atoms with Gasteiger partial charge in [0.2, 0.25) is 0 Å². The summed E-state index contributed by atoms with van der Waals surface area (Å²) in [4.78, 5) is 17.5. The monoisotopic (exact) mass is 234 g/mol. The molecule has 1 aromatic heterocycles. The Hall–Kier alpha value is -1.61. The summed E-state index contributed by atoms with van der Waals surface area (Å²) in [5.74, 6) is 0. The lowest BCUT2D eigenvalue weighted by atomic mass is 10.1. The molecule has 0 atom stereocenters. The predicted octanol–water partition coefficient (Wildman–Crippen LogP) is 2.71. The second-order valence-corrected chi connectivity index (χ2v) is 4.12. The van der Waals surface area contributed by atoms with E-state index in [0.29, 0.717) is 5.02 Å². The molecular formula is C12H11ClN2O. The number of rotatable bonds is 1. The number of nitrogens with one attached hydrogen (secondary N) is 1. The molecule has 0 unspecified atom stereocenters. The highest BCUT2D eigenvalue weighted by molar-refractivity contribution is 6.31. The Labute approximate surface area is 98.1 Å². The van der Waals surface area contributed by atoms with E-state index >= 15 is 0 Å².